The van der Waals surface area contributed by atoms with Crippen LogP contribution in [0.3, 0.4) is 0 Å². The third kappa shape index (κ3) is 4.95. The summed E-state index contributed by atoms with van der Waals surface area (Å²) in [5.74, 6) is 0.299. The van der Waals surface area contributed by atoms with Gasteiger partial charge in [0, 0.05) is 19.6 Å². The first kappa shape index (κ1) is 14.9. The average Bonchev–Trinajstić information content (AvgIpc) is 2.16. The van der Waals surface area contributed by atoms with Crippen LogP contribution in [0, 0.1) is 5.92 Å². The summed E-state index contributed by atoms with van der Waals surface area (Å²) >= 11 is 0. The first-order valence-electron chi connectivity index (χ1n) is 5.54. The lowest BCUT2D eigenvalue weighted by atomic mass is 10.0. The highest BCUT2D eigenvalue weighted by Crippen LogP contribution is 2.10. The van der Waals surface area contributed by atoms with Gasteiger partial charge in [0.05, 0.1) is 5.75 Å². The van der Waals surface area contributed by atoms with E-state index in [2.05, 4.69) is 0 Å². The molecule has 2 atom stereocenters. The largest absolute Gasteiger partial charge is 0.326 e. The summed E-state index contributed by atoms with van der Waals surface area (Å²) in [6, 6.07) is -0.265. The summed E-state index contributed by atoms with van der Waals surface area (Å²) in [5.41, 5.74) is 5.84. The summed E-state index contributed by atoms with van der Waals surface area (Å²) < 4.78 is 25.0. The van der Waals surface area contributed by atoms with E-state index in [1.807, 2.05) is 20.8 Å². The van der Waals surface area contributed by atoms with Gasteiger partial charge in [-0.25, -0.2) is 12.7 Å². The highest BCUT2D eigenvalue weighted by Gasteiger charge is 2.23. The van der Waals surface area contributed by atoms with Crippen LogP contribution in [0.1, 0.15) is 33.6 Å². The highest BCUT2D eigenvalue weighted by atomic mass is 32.2. The first-order valence-corrected chi connectivity index (χ1v) is 7.15. The van der Waals surface area contributed by atoms with Gasteiger partial charge in [-0.3, -0.25) is 0 Å². The normalized spacial score (nSPS) is 16.7. The lowest BCUT2D eigenvalue weighted by Crippen LogP contribution is -2.41. The van der Waals surface area contributed by atoms with Crippen molar-refractivity contribution in [3.8, 4) is 0 Å². The Hall–Kier alpha value is -0.130. The predicted octanol–water partition coefficient (Wildman–Crippen LogP) is 1.03. The standard InChI is InChI=1S/C10H24N2O2S/c1-5-7-12(4)15(13,14)8-10(11)9(3)6-2/h9-10H,5-8,11H2,1-4H3. The Balaban J connectivity index is 4.37. The molecule has 0 bridgehead atoms. The number of nitrogens with two attached hydrogens (primary N) is 1. The second kappa shape index (κ2) is 6.45. The minimum absolute atomic E-state index is 0.0541. The molecular weight excluding hydrogens is 212 g/mol. The average molecular weight is 236 g/mol. The SMILES string of the molecule is CCCN(C)S(=O)(=O)CC(N)C(C)CC. The minimum atomic E-state index is -3.17. The van der Waals surface area contributed by atoms with Crippen LogP contribution in [0.5, 0.6) is 0 Å². The van der Waals surface area contributed by atoms with Gasteiger partial charge in [0.2, 0.25) is 10.0 Å². The summed E-state index contributed by atoms with van der Waals surface area (Å²) in [4.78, 5) is 0. The van der Waals surface area contributed by atoms with Gasteiger partial charge in [0.15, 0.2) is 0 Å². The molecule has 0 saturated heterocycles. The molecule has 0 aliphatic carbocycles. The zero-order chi connectivity index (χ0) is 12.1. The van der Waals surface area contributed by atoms with Gasteiger partial charge in [-0.2, -0.15) is 0 Å². The molecule has 0 radical (unpaired) electrons. The fourth-order valence-corrected chi connectivity index (χ4v) is 2.82. The van der Waals surface area contributed by atoms with E-state index < -0.39 is 10.0 Å². The van der Waals surface area contributed by atoms with E-state index in [-0.39, 0.29) is 17.7 Å². The number of hydrogen-bond acceptors (Lipinski definition) is 3. The van der Waals surface area contributed by atoms with E-state index >= 15 is 0 Å². The Kier molecular flexibility index (Phi) is 6.40. The third-order valence-corrected chi connectivity index (χ3v) is 4.73. The van der Waals surface area contributed by atoms with E-state index in [1.54, 1.807) is 7.05 Å². The Morgan fingerprint density at radius 3 is 2.27 bits per heavy atom. The number of nitrogens with zero attached hydrogens (tertiary/aromatic N) is 1. The molecule has 0 aromatic carbocycles. The van der Waals surface area contributed by atoms with Crippen LogP contribution in [-0.4, -0.2) is 38.1 Å². The molecule has 15 heavy (non-hydrogen) atoms. The molecular formula is C10H24N2O2S. The molecule has 0 saturated carbocycles. The molecule has 0 aromatic heterocycles. The van der Waals surface area contributed by atoms with E-state index in [9.17, 15) is 8.42 Å². The summed E-state index contributed by atoms with van der Waals surface area (Å²) in [6.45, 7) is 6.53. The molecule has 0 spiro atoms. The Morgan fingerprint density at radius 1 is 1.33 bits per heavy atom. The maximum atomic E-state index is 11.8. The lowest BCUT2D eigenvalue weighted by Gasteiger charge is -2.22. The van der Waals surface area contributed by atoms with Gasteiger partial charge in [0.25, 0.3) is 0 Å². The fraction of sp³-hybridized carbons (Fsp3) is 1.00. The van der Waals surface area contributed by atoms with Crippen LogP contribution in [0.2, 0.25) is 0 Å². The highest BCUT2D eigenvalue weighted by molar-refractivity contribution is 7.89. The van der Waals surface area contributed by atoms with Gasteiger partial charge < -0.3 is 5.73 Å². The maximum absolute atomic E-state index is 11.8. The first-order chi connectivity index (χ1) is 6.85. The molecule has 5 heteroatoms. The molecule has 0 fully saturated rings. The van der Waals surface area contributed by atoms with E-state index in [0.717, 1.165) is 12.8 Å². The van der Waals surface area contributed by atoms with Crippen molar-refractivity contribution in [2.24, 2.45) is 11.7 Å². The van der Waals surface area contributed by atoms with Gasteiger partial charge in [0.1, 0.15) is 0 Å². The van der Waals surface area contributed by atoms with Gasteiger partial charge in [-0.15, -0.1) is 0 Å². The molecule has 0 amide bonds. The second-order valence-electron chi connectivity index (χ2n) is 4.15. The van der Waals surface area contributed by atoms with Crippen molar-refractivity contribution >= 4 is 10.0 Å². The summed E-state index contributed by atoms with van der Waals surface area (Å²) in [6.07, 6.45) is 1.74. The lowest BCUT2D eigenvalue weighted by molar-refractivity contribution is 0.435. The molecule has 0 aliphatic heterocycles. The number of sulfonamides is 1. The van der Waals surface area contributed by atoms with Gasteiger partial charge >= 0.3 is 0 Å². The Morgan fingerprint density at radius 2 is 1.87 bits per heavy atom. The molecule has 2 unspecified atom stereocenters. The van der Waals surface area contributed by atoms with Gasteiger partial charge in [-0.1, -0.05) is 27.2 Å². The third-order valence-electron chi connectivity index (χ3n) is 2.79. The summed E-state index contributed by atoms with van der Waals surface area (Å²) in [5, 5.41) is 0. The molecule has 92 valence electrons. The van der Waals surface area contributed by atoms with E-state index in [0.29, 0.717) is 6.54 Å². The predicted molar refractivity (Wildman–Crippen MR) is 64.1 cm³/mol. The zero-order valence-electron chi connectivity index (χ0n) is 10.2. The number of rotatable bonds is 7. The van der Waals surface area contributed by atoms with E-state index in [1.165, 1.54) is 4.31 Å². The van der Waals surface area contributed by atoms with Crippen LogP contribution < -0.4 is 5.73 Å². The minimum Gasteiger partial charge on any atom is -0.326 e. The second-order valence-corrected chi connectivity index (χ2v) is 6.27. The monoisotopic (exact) mass is 236 g/mol. The molecule has 0 heterocycles. The molecule has 2 N–H and O–H groups in total. The quantitative estimate of drug-likeness (QED) is 0.718. The van der Waals surface area contributed by atoms with Crippen molar-refractivity contribution in [2.45, 2.75) is 39.7 Å². The topological polar surface area (TPSA) is 63.4 Å². The maximum Gasteiger partial charge on any atom is 0.215 e. The fourth-order valence-electron chi connectivity index (χ4n) is 1.29. The van der Waals surface area contributed by atoms with Crippen LogP contribution in [0.4, 0.5) is 0 Å². The molecule has 4 nitrogen and oxygen atoms in total. The Labute approximate surface area is 93.9 Å². The van der Waals surface area contributed by atoms with Crippen LogP contribution >= 0.6 is 0 Å². The zero-order valence-corrected chi connectivity index (χ0v) is 11.0. The van der Waals surface area contributed by atoms with Crippen molar-refractivity contribution in [1.82, 2.24) is 4.31 Å². The van der Waals surface area contributed by atoms with Crippen LogP contribution in [0.25, 0.3) is 0 Å². The Bertz CT molecular complexity index is 265. The van der Waals surface area contributed by atoms with Crippen molar-refractivity contribution < 1.29 is 8.42 Å². The smallest absolute Gasteiger partial charge is 0.215 e. The summed E-state index contributed by atoms with van der Waals surface area (Å²) in [7, 11) is -1.56. The molecule has 0 aliphatic rings. The van der Waals surface area contributed by atoms with Crippen LogP contribution in [-0.2, 0) is 10.0 Å². The van der Waals surface area contributed by atoms with Crippen molar-refractivity contribution in [3.05, 3.63) is 0 Å². The molecule has 0 aromatic rings. The van der Waals surface area contributed by atoms with Gasteiger partial charge in [-0.05, 0) is 12.3 Å². The van der Waals surface area contributed by atoms with E-state index in [4.69, 9.17) is 5.73 Å². The molecule has 0 rings (SSSR count). The van der Waals surface area contributed by atoms with Crippen molar-refractivity contribution in [1.29, 1.82) is 0 Å². The van der Waals surface area contributed by atoms with Crippen molar-refractivity contribution in [2.75, 3.05) is 19.3 Å². The number of hydrogen-bond donors (Lipinski definition) is 1. The van der Waals surface area contributed by atoms with Crippen LogP contribution in [0.15, 0.2) is 0 Å². The van der Waals surface area contributed by atoms with Crippen molar-refractivity contribution in [3.63, 3.8) is 0 Å².